The van der Waals surface area contributed by atoms with E-state index in [1.165, 1.54) is 19.0 Å². The van der Waals surface area contributed by atoms with Gasteiger partial charge in [-0.25, -0.2) is 13.1 Å². The van der Waals surface area contributed by atoms with Crippen LogP contribution in [0.15, 0.2) is 11.1 Å². The van der Waals surface area contributed by atoms with Gasteiger partial charge in [0.1, 0.15) is 10.7 Å². The summed E-state index contributed by atoms with van der Waals surface area (Å²) in [5.74, 6) is 0.781. The highest BCUT2D eigenvalue weighted by Gasteiger charge is 2.23. The van der Waals surface area contributed by atoms with E-state index in [-0.39, 0.29) is 10.7 Å². The summed E-state index contributed by atoms with van der Waals surface area (Å²) in [6, 6.07) is 0. The Hall–Kier alpha value is -1.08. The minimum atomic E-state index is -3.48. The number of H-pyrrole nitrogens is 1. The maximum absolute atomic E-state index is 11.7. The lowest BCUT2D eigenvalue weighted by Crippen LogP contribution is -2.25. The maximum atomic E-state index is 11.7. The molecule has 0 spiro atoms. The molecule has 1 aromatic rings. The zero-order chi connectivity index (χ0) is 10.9. The standard InChI is InChI=1S/C8H14N4O2S/c9-8-7(5-10-12-8)15(13,14)11-4-3-6-1-2-6/h5-6,11H,1-4H2,(H3,9,10,12). The van der Waals surface area contributed by atoms with Crippen molar-refractivity contribution in [2.75, 3.05) is 12.3 Å². The summed E-state index contributed by atoms with van der Waals surface area (Å²) in [5, 5.41) is 5.97. The zero-order valence-electron chi connectivity index (χ0n) is 8.23. The molecule has 0 amide bonds. The highest BCUT2D eigenvalue weighted by Crippen LogP contribution is 2.31. The van der Waals surface area contributed by atoms with Crippen molar-refractivity contribution in [2.45, 2.75) is 24.2 Å². The second-order valence-electron chi connectivity index (χ2n) is 3.78. The van der Waals surface area contributed by atoms with Crippen LogP contribution in [-0.2, 0) is 10.0 Å². The van der Waals surface area contributed by atoms with Crippen molar-refractivity contribution in [1.29, 1.82) is 0 Å². The lowest BCUT2D eigenvalue weighted by atomic mass is 10.3. The third-order valence-electron chi connectivity index (χ3n) is 2.46. The molecule has 84 valence electrons. The molecule has 2 rings (SSSR count). The lowest BCUT2D eigenvalue weighted by molar-refractivity contribution is 0.576. The monoisotopic (exact) mass is 230 g/mol. The van der Waals surface area contributed by atoms with Crippen LogP contribution in [0, 0.1) is 5.92 Å². The van der Waals surface area contributed by atoms with Crippen LogP contribution in [0.2, 0.25) is 0 Å². The zero-order valence-corrected chi connectivity index (χ0v) is 9.05. The topological polar surface area (TPSA) is 101 Å². The molecule has 7 heteroatoms. The Morgan fingerprint density at radius 3 is 2.87 bits per heavy atom. The van der Waals surface area contributed by atoms with Crippen molar-refractivity contribution < 1.29 is 8.42 Å². The van der Waals surface area contributed by atoms with E-state index in [1.807, 2.05) is 0 Å². The third-order valence-corrected chi connectivity index (χ3v) is 3.95. The molecular weight excluding hydrogens is 216 g/mol. The first kappa shape index (κ1) is 10.4. The summed E-state index contributed by atoms with van der Waals surface area (Å²) in [6.45, 7) is 0.470. The molecule has 4 N–H and O–H groups in total. The Labute approximate surface area is 88.3 Å². The Morgan fingerprint density at radius 1 is 1.60 bits per heavy atom. The number of rotatable bonds is 5. The largest absolute Gasteiger partial charge is 0.383 e. The Kier molecular flexibility index (Phi) is 2.66. The minimum absolute atomic E-state index is 0.0262. The minimum Gasteiger partial charge on any atom is -0.383 e. The Balaban J connectivity index is 1.96. The highest BCUT2D eigenvalue weighted by molar-refractivity contribution is 7.89. The van der Waals surface area contributed by atoms with Crippen molar-refractivity contribution in [3.05, 3.63) is 6.20 Å². The smallest absolute Gasteiger partial charge is 0.245 e. The van der Waals surface area contributed by atoms with Gasteiger partial charge in [-0.3, -0.25) is 5.10 Å². The van der Waals surface area contributed by atoms with E-state index in [4.69, 9.17) is 5.73 Å². The van der Waals surface area contributed by atoms with Crippen LogP contribution in [0.5, 0.6) is 0 Å². The van der Waals surface area contributed by atoms with E-state index in [0.717, 1.165) is 6.42 Å². The van der Waals surface area contributed by atoms with Crippen LogP contribution in [0.4, 0.5) is 5.82 Å². The van der Waals surface area contributed by atoms with Crippen LogP contribution in [-0.4, -0.2) is 25.2 Å². The average molecular weight is 230 g/mol. The second kappa shape index (κ2) is 3.82. The third kappa shape index (κ3) is 2.48. The molecule has 0 aromatic carbocycles. The van der Waals surface area contributed by atoms with Crippen molar-refractivity contribution in [3.8, 4) is 0 Å². The number of nitrogen functional groups attached to an aromatic ring is 1. The molecule has 0 atom stereocenters. The van der Waals surface area contributed by atoms with Crippen LogP contribution >= 0.6 is 0 Å². The number of nitrogens with one attached hydrogen (secondary N) is 2. The van der Waals surface area contributed by atoms with Gasteiger partial charge < -0.3 is 5.73 Å². The maximum Gasteiger partial charge on any atom is 0.245 e. The van der Waals surface area contributed by atoms with E-state index in [2.05, 4.69) is 14.9 Å². The molecule has 0 unspecified atom stereocenters. The van der Waals surface area contributed by atoms with Crippen LogP contribution in [0.3, 0.4) is 0 Å². The van der Waals surface area contributed by atoms with Gasteiger partial charge in [-0.05, 0) is 12.3 Å². The predicted octanol–water partition coefficient (Wildman–Crippen LogP) is 0.0703. The van der Waals surface area contributed by atoms with E-state index >= 15 is 0 Å². The predicted molar refractivity (Wildman–Crippen MR) is 55.5 cm³/mol. The van der Waals surface area contributed by atoms with Gasteiger partial charge in [-0.15, -0.1) is 0 Å². The van der Waals surface area contributed by atoms with Crippen molar-refractivity contribution in [1.82, 2.24) is 14.9 Å². The van der Waals surface area contributed by atoms with Crippen molar-refractivity contribution in [3.63, 3.8) is 0 Å². The van der Waals surface area contributed by atoms with E-state index in [9.17, 15) is 8.42 Å². The molecule has 0 bridgehead atoms. The summed E-state index contributed by atoms with van der Waals surface area (Å²) in [4.78, 5) is 0.0262. The average Bonchev–Trinajstić information content (AvgIpc) is 2.86. The summed E-state index contributed by atoms with van der Waals surface area (Å²) < 4.78 is 25.8. The molecule has 0 saturated heterocycles. The first-order valence-corrected chi connectivity index (χ1v) is 6.36. The fourth-order valence-electron chi connectivity index (χ4n) is 1.38. The van der Waals surface area contributed by atoms with Gasteiger partial charge in [0.25, 0.3) is 0 Å². The van der Waals surface area contributed by atoms with Crippen molar-refractivity contribution in [2.24, 2.45) is 5.92 Å². The Morgan fingerprint density at radius 2 is 2.33 bits per heavy atom. The van der Waals surface area contributed by atoms with Crippen LogP contribution in [0.1, 0.15) is 19.3 Å². The van der Waals surface area contributed by atoms with Gasteiger partial charge in [0, 0.05) is 6.54 Å². The first-order chi connectivity index (χ1) is 7.09. The fourth-order valence-corrected chi connectivity index (χ4v) is 2.45. The number of hydrogen-bond acceptors (Lipinski definition) is 4. The van der Waals surface area contributed by atoms with Crippen molar-refractivity contribution >= 4 is 15.8 Å². The normalized spacial score (nSPS) is 16.8. The molecule has 1 saturated carbocycles. The molecule has 15 heavy (non-hydrogen) atoms. The van der Waals surface area contributed by atoms with Gasteiger partial charge in [0.2, 0.25) is 10.0 Å². The quantitative estimate of drug-likeness (QED) is 0.666. The van der Waals surface area contributed by atoms with Gasteiger partial charge >= 0.3 is 0 Å². The van der Waals surface area contributed by atoms with Crippen LogP contribution in [0.25, 0.3) is 0 Å². The van der Waals surface area contributed by atoms with E-state index < -0.39 is 10.0 Å². The van der Waals surface area contributed by atoms with Gasteiger partial charge in [-0.2, -0.15) is 5.10 Å². The van der Waals surface area contributed by atoms with E-state index in [0.29, 0.717) is 12.5 Å². The summed E-state index contributed by atoms with van der Waals surface area (Å²) >= 11 is 0. The molecule has 0 aliphatic heterocycles. The summed E-state index contributed by atoms with van der Waals surface area (Å²) in [7, 11) is -3.48. The SMILES string of the molecule is Nc1[nH]ncc1S(=O)(=O)NCCC1CC1. The number of nitrogens with two attached hydrogens (primary N) is 1. The fraction of sp³-hybridized carbons (Fsp3) is 0.625. The first-order valence-electron chi connectivity index (χ1n) is 4.88. The number of nitrogens with zero attached hydrogens (tertiary/aromatic N) is 1. The number of aromatic nitrogens is 2. The van der Waals surface area contributed by atoms with Gasteiger partial charge in [0.15, 0.2) is 0 Å². The molecule has 1 aliphatic carbocycles. The van der Waals surface area contributed by atoms with E-state index in [1.54, 1.807) is 0 Å². The van der Waals surface area contributed by atoms with Crippen LogP contribution < -0.4 is 10.5 Å². The summed E-state index contributed by atoms with van der Waals surface area (Å²) in [5.41, 5.74) is 5.43. The highest BCUT2D eigenvalue weighted by atomic mass is 32.2. The number of aromatic amines is 1. The number of sulfonamides is 1. The van der Waals surface area contributed by atoms with Gasteiger partial charge in [-0.1, -0.05) is 12.8 Å². The molecule has 1 heterocycles. The second-order valence-corrected chi connectivity index (χ2v) is 5.51. The summed E-state index contributed by atoms with van der Waals surface area (Å²) in [6.07, 6.45) is 4.55. The molecule has 1 fully saturated rings. The molecule has 0 radical (unpaired) electrons. The van der Waals surface area contributed by atoms with Gasteiger partial charge in [0.05, 0.1) is 6.20 Å². The molecular formula is C8H14N4O2S. The molecule has 1 aromatic heterocycles. The molecule has 6 nitrogen and oxygen atoms in total. The lowest BCUT2D eigenvalue weighted by Gasteiger charge is -2.04. The Bertz CT molecular complexity index is 435. The number of anilines is 1. The molecule has 1 aliphatic rings. The number of hydrogen-bond donors (Lipinski definition) is 3.